The molecule has 0 saturated heterocycles. The predicted octanol–water partition coefficient (Wildman–Crippen LogP) is 0.959. The zero-order valence-corrected chi connectivity index (χ0v) is 4.20. The third-order valence-electron chi connectivity index (χ3n) is 0.517. The monoisotopic (exact) mass is 115 g/mol. The van der Waals surface area contributed by atoms with Gasteiger partial charge in [-0.1, -0.05) is 0 Å². The van der Waals surface area contributed by atoms with E-state index < -0.39 is 0 Å². The Morgan fingerprint density at radius 3 is 2.43 bits per heavy atom. The van der Waals surface area contributed by atoms with Crippen molar-refractivity contribution in [1.82, 2.24) is 0 Å². The minimum Gasteiger partial charge on any atom is -0.506 e. The third-order valence-corrected chi connectivity index (χ3v) is 1.18. The van der Waals surface area contributed by atoms with Crippen molar-refractivity contribution in [2.24, 2.45) is 0 Å². The molecule has 1 aromatic rings. The molecule has 0 aromatic carbocycles. The van der Waals surface area contributed by atoms with Crippen LogP contribution in [0.25, 0.3) is 0 Å². The van der Waals surface area contributed by atoms with Crippen molar-refractivity contribution in [1.29, 1.82) is 0 Å². The van der Waals surface area contributed by atoms with E-state index in [1.807, 2.05) is 0 Å². The molecule has 2 nitrogen and oxygen atoms in total. The molecule has 0 aliphatic rings. The molecule has 0 bridgehead atoms. The van der Waals surface area contributed by atoms with Crippen molar-refractivity contribution >= 4 is 11.3 Å². The van der Waals surface area contributed by atoms with Gasteiger partial charge in [-0.2, -0.15) is 0 Å². The van der Waals surface area contributed by atoms with E-state index in [4.69, 9.17) is 10.2 Å². The van der Waals surface area contributed by atoms with E-state index in [0.717, 1.165) is 11.3 Å². The fourth-order valence-electron chi connectivity index (χ4n) is 0.280. The molecule has 0 saturated carbocycles. The highest BCUT2D eigenvalue weighted by molar-refractivity contribution is 7.11. The summed E-state index contributed by atoms with van der Waals surface area (Å²) in [6, 6.07) is 2.27. The van der Waals surface area contributed by atoms with Gasteiger partial charge in [-0.25, -0.2) is 0 Å². The Kier molecular flexibility index (Phi) is 0.906. The Labute approximate surface area is 44.7 Å². The summed E-state index contributed by atoms with van der Waals surface area (Å²) in [5, 5.41) is 18.3. The second-order valence-corrected chi connectivity index (χ2v) is 1.91. The molecule has 0 aliphatic carbocycles. The molecule has 0 amide bonds. The van der Waals surface area contributed by atoms with Gasteiger partial charge < -0.3 is 10.2 Å². The number of hydrogen-bond acceptors (Lipinski definition) is 3. The van der Waals surface area contributed by atoms with Crippen LogP contribution in [-0.4, -0.2) is 10.2 Å². The van der Waals surface area contributed by atoms with E-state index in [2.05, 4.69) is 6.07 Å². The minimum atomic E-state index is 0.00231. The maximum atomic E-state index is 8.46. The molecular formula is C4H3O2S. The van der Waals surface area contributed by atoms with Gasteiger partial charge in [-0.15, -0.1) is 11.3 Å². The fourth-order valence-corrected chi connectivity index (χ4v) is 0.726. The Bertz CT molecular complexity index is 142. The van der Waals surface area contributed by atoms with E-state index in [1.54, 1.807) is 0 Å². The van der Waals surface area contributed by atoms with Gasteiger partial charge in [0.1, 0.15) is 5.75 Å². The van der Waals surface area contributed by atoms with Crippen LogP contribution in [-0.2, 0) is 0 Å². The Morgan fingerprint density at radius 2 is 2.29 bits per heavy atom. The molecule has 0 unspecified atom stereocenters. The molecule has 3 heteroatoms. The molecule has 1 aromatic heterocycles. The molecule has 1 radical (unpaired) electrons. The van der Waals surface area contributed by atoms with Crippen molar-refractivity contribution in [3.05, 3.63) is 11.4 Å². The number of thiophene rings is 1. The molecule has 1 heterocycles. The van der Waals surface area contributed by atoms with Crippen molar-refractivity contribution in [2.45, 2.75) is 0 Å². The molecule has 0 fully saturated rings. The highest BCUT2D eigenvalue weighted by atomic mass is 32.1. The van der Waals surface area contributed by atoms with Gasteiger partial charge in [-0.3, -0.25) is 0 Å². The van der Waals surface area contributed by atoms with Crippen molar-refractivity contribution in [3.8, 4) is 10.8 Å². The average molecular weight is 115 g/mol. The first-order valence-electron chi connectivity index (χ1n) is 1.68. The van der Waals surface area contributed by atoms with Crippen LogP contribution in [0, 0.1) is 6.07 Å². The lowest BCUT2D eigenvalue weighted by Gasteiger charge is -1.69. The lowest BCUT2D eigenvalue weighted by atomic mass is 10.6. The van der Waals surface area contributed by atoms with E-state index in [1.165, 1.54) is 5.38 Å². The van der Waals surface area contributed by atoms with E-state index in [-0.39, 0.29) is 10.8 Å². The summed E-state index contributed by atoms with van der Waals surface area (Å²) in [4.78, 5) is 0. The van der Waals surface area contributed by atoms with Crippen LogP contribution in [0.4, 0.5) is 0 Å². The average Bonchev–Trinajstić information content (AvgIpc) is 1.87. The van der Waals surface area contributed by atoms with Gasteiger partial charge >= 0.3 is 0 Å². The van der Waals surface area contributed by atoms with Crippen LogP contribution >= 0.6 is 11.3 Å². The van der Waals surface area contributed by atoms with Gasteiger partial charge in [0.2, 0.25) is 0 Å². The van der Waals surface area contributed by atoms with Crippen LogP contribution in [0.1, 0.15) is 0 Å². The summed E-state index contributed by atoms with van der Waals surface area (Å²) in [7, 11) is 0. The number of aromatic hydroxyl groups is 2. The zero-order valence-electron chi connectivity index (χ0n) is 3.38. The Morgan fingerprint density at radius 1 is 1.57 bits per heavy atom. The summed E-state index contributed by atoms with van der Waals surface area (Å²) in [5.74, 6) is 0.00231. The molecule has 7 heavy (non-hydrogen) atoms. The fraction of sp³-hybridized carbons (Fsp3) is 0. The second kappa shape index (κ2) is 1.42. The first-order valence-corrected chi connectivity index (χ1v) is 2.56. The maximum Gasteiger partial charge on any atom is 0.183 e. The molecule has 0 spiro atoms. The molecular weight excluding hydrogens is 112 g/mol. The third kappa shape index (κ3) is 0.838. The van der Waals surface area contributed by atoms with Crippen LogP contribution in [0.15, 0.2) is 5.38 Å². The van der Waals surface area contributed by atoms with Crippen LogP contribution in [0.2, 0.25) is 0 Å². The Hall–Kier alpha value is -0.700. The molecule has 1 rings (SSSR count). The first-order chi connectivity index (χ1) is 3.29. The highest BCUT2D eigenvalue weighted by Crippen LogP contribution is 2.23. The number of hydrogen-bond donors (Lipinski definition) is 2. The Balaban J connectivity index is 3.04. The molecule has 37 valence electrons. The van der Waals surface area contributed by atoms with E-state index >= 15 is 0 Å². The lowest BCUT2D eigenvalue weighted by Crippen LogP contribution is -1.45. The summed E-state index contributed by atoms with van der Waals surface area (Å²) in [6.07, 6.45) is 0. The maximum absolute atomic E-state index is 8.46. The van der Waals surface area contributed by atoms with Crippen LogP contribution < -0.4 is 0 Å². The normalized spacial score (nSPS) is 9.14. The summed E-state index contributed by atoms with van der Waals surface area (Å²) >= 11 is 1.05. The number of rotatable bonds is 0. The molecule has 0 atom stereocenters. The van der Waals surface area contributed by atoms with Crippen molar-refractivity contribution < 1.29 is 10.2 Å². The molecule has 0 aliphatic heterocycles. The minimum absolute atomic E-state index is 0.00231. The van der Waals surface area contributed by atoms with Gasteiger partial charge in [0.15, 0.2) is 5.06 Å². The standard InChI is InChI=1S/C4H3O2S/c5-3-1-4(6)7-2-3/h2,5-6H. The van der Waals surface area contributed by atoms with Gasteiger partial charge in [-0.05, 0) is 0 Å². The largest absolute Gasteiger partial charge is 0.506 e. The zero-order chi connectivity index (χ0) is 5.28. The quantitative estimate of drug-likeness (QED) is 0.528. The highest BCUT2D eigenvalue weighted by Gasteiger charge is 1.91. The summed E-state index contributed by atoms with van der Waals surface area (Å²) < 4.78 is 0. The van der Waals surface area contributed by atoms with Gasteiger partial charge in [0.05, 0.1) is 6.07 Å². The van der Waals surface area contributed by atoms with E-state index in [9.17, 15) is 0 Å². The summed E-state index contributed by atoms with van der Waals surface area (Å²) in [5.41, 5.74) is 0. The lowest BCUT2D eigenvalue weighted by molar-refractivity contribution is 0.462. The van der Waals surface area contributed by atoms with Crippen LogP contribution in [0.5, 0.6) is 10.8 Å². The predicted molar refractivity (Wildman–Crippen MR) is 26.5 cm³/mol. The van der Waals surface area contributed by atoms with Gasteiger partial charge in [0, 0.05) is 5.38 Å². The second-order valence-electron chi connectivity index (χ2n) is 1.05. The van der Waals surface area contributed by atoms with Crippen LogP contribution in [0.3, 0.4) is 0 Å². The summed E-state index contributed by atoms with van der Waals surface area (Å²) in [6.45, 7) is 0. The first kappa shape index (κ1) is 4.46. The smallest absolute Gasteiger partial charge is 0.183 e. The topological polar surface area (TPSA) is 40.5 Å². The van der Waals surface area contributed by atoms with E-state index in [0.29, 0.717) is 0 Å². The SMILES string of the molecule is Oc1[c]c(O)sc1. The molecule has 2 N–H and O–H groups in total. The van der Waals surface area contributed by atoms with Gasteiger partial charge in [0.25, 0.3) is 0 Å². The van der Waals surface area contributed by atoms with Crippen molar-refractivity contribution in [2.75, 3.05) is 0 Å². The van der Waals surface area contributed by atoms with Crippen molar-refractivity contribution in [3.63, 3.8) is 0 Å².